The molecular weight excluding hydrogens is 303 g/mol. The fraction of sp³-hybridized carbons (Fsp3) is 0.500. The molecule has 1 aromatic rings. The molecule has 1 atom stereocenters. The summed E-state index contributed by atoms with van der Waals surface area (Å²) in [5.41, 5.74) is 1.22. The molecule has 0 saturated heterocycles. The van der Waals surface area contributed by atoms with E-state index in [0.717, 1.165) is 21.5 Å². The Morgan fingerprint density at radius 1 is 1.20 bits per heavy atom. The second kappa shape index (κ2) is 5.58. The third kappa shape index (κ3) is 2.77. The molecule has 0 unspecified atom stereocenters. The smallest absolute Gasteiger partial charge is 0.132 e. The third-order valence-electron chi connectivity index (χ3n) is 2.65. The standard InChI is InChI=1S/C12H17IO2/c1-5-8(2)9-6-12(15-4)10(13)7-11(9)14-3/h6-8H,5H2,1-4H3/t8-/m0/s1. The average molecular weight is 320 g/mol. The second-order valence-electron chi connectivity index (χ2n) is 3.54. The highest BCUT2D eigenvalue weighted by atomic mass is 127. The van der Waals surface area contributed by atoms with E-state index in [4.69, 9.17) is 9.47 Å². The van der Waals surface area contributed by atoms with Crippen molar-refractivity contribution in [1.29, 1.82) is 0 Å². The van der Waals surface area contributed by atoms with Gasteiger partial charge in [-0.05, 0) is 47.1 Å². The van der Waals surface area contributed by atoms with Crippen LogP contribution in [0.4, 0.5) is 0 Å². The van der Waals surface area contributed by atoms with Crippen LogP contribution >= 0.6 is 22.6 Å². The number of benzene rings is 1. The van der Waals surface area contributed by atoms with Crippen LogP contribution in [-0.4, -0.2) is 14.2 Å². The summed E-state index contributed by atoms with van der Waals surface area (Å²) in [6, 6.07) is 4.11. The van der Waals surface area contributed by atoms with Crippen LogP contribution in [0, 0.1) is 3.57 Å². The number of hydrogen-bond acceptors (Lipinski definition) is 2. The molecule has 0 aliphatic rings. The molecule has 0 N–H and O–H groups in total. The summed E-state index contributed by atoms with van der Waals surface area (Å²) < 4.78 is 11.8. The van der Waals surface area contributed by atoms with Crippen LogP contribution in [0.2, 0.25) is 0 Å². The summed E-state index contributed by atoms with van der Waals surface area (Å²) in [6.07, 6.45) is 1.10. The molecule has 0 aliphatic heterocycles. The van der Waals surface area contributed by atoms with Crippen molar-refractivity contribution < 1.29 is 9.47 Å². The molecule has 0 aromatic heterocycles. The number of hydrogen-bond donors (Lipinski definition) is 0. The highest BCUT2D eigenvalue weighted by Gasteiger charge is 2.13. The van der Waals surface area contributed by atoms with Crippen LogP contribution < -0.4 is 9.47 Å². The van der Waals surface area contributed by atoms with Gasteiger partial charge in [0.25, 0.3) is 0 Å². The van der Waals surface area contributed by atoms with Crippen LogP contribution in [-0.2, 0) is 0 Å². The van der Waals surface area contributed by atoms with E-state index in [1.165, 1.54) is 5.56 Å². The van der Waals surface area contributed by atoms with Gasteiger partial charge in [0.1, 0.15) is 11.5 Å². The van der Waals surface area contributed by atoms with Gasteiger partial charge in [-0.3, -0.25) is 0 Å². The molecule has 0 saturated carbocycles. The highest BCUT2D eigenvalue weighted by molar-refractivity contribution is 14.1. The summed E-state index contributed by atoms with van der Waals surface area (Å²) in [4.78, 5) is 0. The molecule has 0 spiro atoms. The minimum Gasteiger partial charge on any atom is -0.496 e. The van der Waals surface area contributed by atoms with Gasteiger partial charge in [-0.15, -0.1) is 0 Å². The van der Waals surface area contributed by atoms with Gasteiger partial charge < -0.3 is 9.47 Å². The topological polar surface area (TPSA) is 18.5 Å². The molecular formula is C12H17IO2. The van der Waals surface area contributed by atoms with Gasteiger partial charge in [0.15, 0.2) is 0 Å². The third-order valence-corrected chi connectivity index (χ3v) is 3.49. The monoisotopic (exact) mass is 320 g/mol. The van der Waals surface area contributed by atoms with Crippen LogP contribution in [0.15, 0.2) is 12.1 Å². The fourth-order valence-corrected chi connectivity index (χ4v) is 2.15. The minimum absolute atomic E-state index is 0.492. The first kappa shape index (κ1) is 12.6. The molecule has 0 bridgehead atoms. The lowest BCUT2D eigenvalue weighted by atomic mass is 9.97. The van der Waals surface area contributed by atoms with E-state index in [9.17, 15) is 0 Å². The van der Waals surface area contributed by atoms with Gasteiger partial charge in [0, 0.05) is 5.56 Å². The Morgan fingerprint density at radius 2 is 1.80 bits per heavy atom. The Hall–Kier alpha value is -0.450. The van der Waals surface area contributed by atoms with Crippen molar-refractivity contribution in [3.05, 3.63) is 21.3 Å². The van der Waals surface area contributed by atoms with Crippen molar-refractivity contribution in [3.63, 3.8) is 0 Å². The van der Waals surface area contributed by atoms with Crippen molar-refractivity contribution in [2.45, 2.75) is 26.2 Å². The molecule has 2 nitrogen and oxygen atoms in total. The predicted octanol–water partition coefficient (Wildman–Crippen LogP) is 3.82. The maximum absolute atomic E-state index is 5.39. The summed E-state index contributed by atoms with van der Waals surface area (Å²) in [7, 11) is 3.41. The van der Waals surface area contributed by atoms with Crippen molar-refractivity contribution in [1.82, 2.24) is 0 Å². The van der Waals surface area contributed by atoms with E-state index in [-0.39, 0.29) is 0 Å². The van der Waals surface area contributed by atoms with Crippen LogP contribution in [0.5, 0.6) is 11.5 Å². The second-order valence-corrected chi connectivity index (χ2v) is 4.70. The number of halogens is 1. The zero-order valence-electron chi connectivity index (χ0n) is 9.63. The Labute approximate surface area is 105 Å². The molecule has 0 heterocycles. The lowest BCUT2D eigenvalue weighted by molar-refractivity contribution is 0.393. The quantitative estimate of drug-likeness (QED) is 0.785. The van der Waals surface area contributed by atoms with Gasteiger partial charge in [-0.25, -0.2) is 0 Å². The zero-order valence-corrected chi connectivity index (χ0v) is 11.8. The predicted molar refractivity (Wildman–Crippen MR) is 71.0 cm³/mol. The first-order valence-electron chi connectivity index (χ1n) is 5.05. The van der Waals surface area contributed by atoms with Crippen molar-refractivity contribution in [3.8, 4) is 11.5 Å². The Kier molecular flexibility index (Phi) is 4.70. The van der Waals surface area contributed by atoms with Gasteiger partial charge in [-0.1, -0.05) is 13.8 Å². The SMILES string of the molecule is CC[C@H](C)c1cc(OC)c(I)cc1OC. The maximum atomic E-state index is 5.39. The zero-order chi connectivity index (χ0) is 11.4. The van der Waals surface area contributed by atoms with Crippen LogP contribution in [0.1, 0.15) is 31.7 Å². The van der Waals surface area contributed by atoms with Gasteiger partial charge in [0.2, 0.25) is 0 Å². The van der Waals surface area contributed by atoms with E-state index in [1.807, 2.05) is 6.07 Å². The highest BCUT2D eigenvalue weighted by Crippen LogP contribution is 2.35. The molecule has 0 fully saturated rings. The molecule has 0 amide bonds. The van der Waals surface area contributed by atoms with Crippen molar-refractivity contribution in [2.24, 2.45) is 0 Å². The van der Waals surface area contributed by atoms with E-state index < -0.39 is 0 Å². The van der Waals surface area contributed by atoms with Gasteiger partial charge in [-0.2, -0.15) is 0 Å². The normalized spacial score (nSPS) is 12.3. The Balaban J connectivity index is 3.22. The number of methoxy groups -OCH3 is 2. The average Bonchev–Trinajstić information content (AvgIpc) is 2.27. The molecule has 15 heavy (non-hydrogen) atoms. The molecule has 84 valence electrons. The largest absolute Gasteiger partial charge is 0.496 e. The van der Waals surface area contributed by atoms with Crippen molar-refractivity contribution in [2.75, 3.05) is 14.2 Å². The minimum atomic E-state index is 0.492. The van der Waals surface area contributed by atoms with E-state index in [2.05, 4.69) is 42.5 Å². The Bertz CT molecular complexity index is 337. The number of ether oxygens (including phenoxy) is 2. The molecule has 3 heteroatoms. The van der Waals surface area contributed by atoms with Gasteiger partial charge >= 0.3 is 0 Å². The Morgan fingerprint density at radius 3 is 2.27 bits per heavy atom. The van der Waals surface area contributed by atoms with E-state index in [0.29, 0.717) is 5.92 Å². The molecule has 0 aliphatic carbocycles. The lowest BCUT2D eigenvalue weighted by Gasteiger charge is -2.16. The summed E-state index contributed by atoms with van der Waals surface area (Å²) in [6.45, 7) is 4.37. The molecule has 0 radical (unpaired) electrons. The summed E-state index contributed by atoms with van der Waals surface area (Å²) in [5, 5.41) is 0. The lowest BCUT2D eigenvalue weighted by Crippen LogP contribution is -1.99. The fourth-order valence-electron chi connectivity index (χ4n) is 1.49. The van der Waals surface area contributed by atoms with Gasteiger partial charge in [0.05, 0.1) is 17.8 Å². The van der Waals surface area contributed by atoms with Crippen molar-refractivity contribution >= 4 is 22.6 Å². The van der Waals surface area contributed by atoms with E-state index >= 15 is 0 Å². The number of rotatable bonds is 4. The van der Waals surface area contributed by atoms with Crippen LogP contribution in [0.3, 0.4) is 0 Å². The molecule has 1 rings (SSSR count). The summed E-state index contributed by atoms with van der Waals surface area (Å²) >= 11 is 2.26. The first-order valence-corrected chi connectivity index (χ1v) is 6.13. The first-order chi connectivity index (χ1) is 7.13. The summed E-state index contributed by atoms with van der Waals surface area (Å²) in [5.74, 6) is 2.37. The van der Waals surface area contributed by atoms with Crippen LogP contribution in [0.25, 0.3) is 0 Å². The molecule has 1 aromatic carbocycles. The maximum Gasteiger partial charge on any atom is 0.132 e. The van der Waals surface area contributed by atoms with E-state index in [1.54, 1.807) is 14.2 Å².